The number of allylic oxidation sites excluding steroid dienone is 1. The zero-order chi connectivity index (χ0) is 21.8. The molecule has 0 unspecified atom stereocenters. The molecule has 0 saturated carbocycles. The Balaban J connectivity index is 2.13. The summed E-state index contributed by atoms with van der Waals surface area (Å²) in [5.41, 5.74) is 3.66. The van der Waals surface area contributed by atoms with Crippen molar-refractivity contribution in [2.75, 3.05) is 7.11 Å². The van der Waals surface area contributed by atoms with E-state index >= 15 is 0 Å². The Labute approximate surface area is 180 Å². The third-order valence-electron chi connectivity index (χ3n) is 5.25. The fourth-order valence-corrected chi connectivity index (χ4v) is 3.46. The van der Waals surface area contributed by atoms with Crippen molar-refractivity contribution in [3.8, 4) is 11.3 Å². The van der Waals surface area contributed by atoms with Crippen LogP contribution in [-0.2, 0) is 16.6 Å². The lowest BCUT2D eigenvalue weighted by molar-refractivity contribution is -0.140. The zero-order valence-electron chi connectivity index (χ0n) is 18.5. The number of aryl methyl sites for hydroxylation is 1. The van der Waals surface area contributed by atoms with Gasteiger partial charge < -0.3 is 9.30 Å². The molecule has 0 bridgehead atoms. The second-order valence-corrected chi connectivity index (χ2v) is 7.65. The van der Waals surface area contributed by atoms with E-state index in [0.29, 0.717) is 18.4 Å². The van der Waals surface area contributed by atoms with Crippen LogP contribution < -0.4 is 0 Å². The van der Waals surface area contributed by atoms with Crippen LogP contribution in [-0.4, -0.2) is 28.4 Å². The highest BCUT2D eigenvalue weighted by Crippen LogP contribution is 2.24. The molecule has 0 fully saturated rings. The van der Waals surface area contributed by atoms with E-state index in [4.69, 9.17) is 0 Å². The van der Waals surface area contributed by atoms with E-state index in [1.54, 1.807) is 6.33 Å². The average Bonchev–Trinajstić information content (AvgIpc) is 3.18. The van der Waals surface area contributed by atoms with Crippen molar-refractivity contribution in [1.82, 2.24) is 9.55 Å². The third-order valence-corrected chi connectivity index (χ3v) is 5.25. The van der Waals surface area contributed by atoms with Crippen LogP contribution in [0.5, 0.6) is 0 Å². The summed E-state index contributed by atoms with van der Waals surface area (Å²) in [7, 11) is 3.33. The van der Waals surface area contributed by atoms with Crippen LogP contribution in [0.25, 0.3) is 17.3 Å². The Morgan fingerprint density at radius 2 is 1.90 bits per heavy atom. The normalized spacial score (nSPS) is 11.2. The number of benzene rings is 1. The van der Waals surface area contributed by atoms with Crippen LogP contribution in [0.2, 0.25) is 0 Å². The van der Waals surface area contributed by atoms with Gasteiger partial charge in [0, 0.05) is 31.0 Å². The molecular formula is C25H34N2O3. The quantitative estimate of drug-likeness (QED) is 0.231. The van der Waals surface area contributed by atoms with Gasteiger partial charge in [0.1, 0.15) is 0 Å². The van der Waals surface area contributed by atoms with E-state index in [9.17, 15) is 9.59 Å². The summed E-state index contributed by atoms with van der Waals surface area (Å²) in [6, 6.07) is 5.91. The molecule has 0 aliphatic heterocycles. The first-order valence-corrected chi connectivity index (χ1v) is 10.9. The van der Waals surface area contributed by atoms with Crippen molar-refractivity contribution in [1.29, 1.82) is 0 Å². The predicted octanol–water partition coefficient (Wildman–Crippen LogP) is 5.99. The molecule has 0 spiro atoms. The lowest BCUT2D eigenvalue weighted by Crippen LogP contribution is -2.05. The summed E-state index contributed by atoms with van der Waals surface area (Å²) in [6.45, 7) is 2.22. The molecule has 5 nitrogen and oxygen atoms in total. The number of ether oxygens (including phenoxy) is 1. The first-order chi connectivity index (χ1) is 14.6. The number of Topliss-reactive ketones (excluding diaryl/α,β-unsaturated/α-hetero) is 1. The number of carbonyl (C=O) groups is 2. The standard InChI is InChI=1S/C25H34N2O3/c1-4-5-6-7-8-9-10-12-20-17-21(23-18-26-19-27(23)2)15-16-22(20)24(28)13-11-14-25(29)30-3/h10,12,15-19H,4-9,11,13-14H2,1-3H3/b12-10+. The topological polar surface area (TPSA) is 61.2 Å². The minimum absolute atomic E-state index is 0.0538. The van der Waals surface area contributed by atoms with Gasteiger partial charge in [-0.1, -0.05) is 56.9 Å². The number of nitrogens with zero attached hydrogens (tertiary/aromatic N) is 2. The van der Waals surface area contributed by atoms with Crippen LogP contribution >= 0.6 is 0 Å². The van der Waals surface area contributed by atoms with E-state index < -0.39 is 0 Å². The van der Waals surface area contributed by atoms with Gasteiger partial charge in [-0.2, -0.15) is 0 Å². The summed E-state index contributed by atoms with van der Waals surface area (Å²) in [5.74, 6) is -0.226. The Hall–Kier alpha value is -2.69. The van der Waals surface area contributed by atoms with Crippen molar-refractivity contribution < 1.29 is 14.3 Å². The maximum atomic E-state index is 12.8. The zero-order valence-corrected chi connectivity index (χ0v) is 18.5. The van der Waals surface area contributed by atoms with Crippen LogP contribution in [0, 0.1) is 0 Å². The van der Waals surface area contributed by atoms with Crippen molar-refractivity contribution in [2.24, 2.45) is 7.05 Å². The average molecular weight is 411 g/mol. The Kier molecular flexibility index (Phi) is 10.1. The molecule has 0 atom stereocenters. The predicted molar refractivity (Wildman–Crippen MR) is 121 cm³/mol. The summed E-state index contributed by atoms with van der Waals surface area (Å²) in [6.07, 6.45) is 16.2. The van der Waals surface area contributed by atoms with Crippen molar-refractivity contribution in [3.05, 3.63) is 47.9 Å². The number of esters is 1. The lowest BCUT2D eigenvalue weighted by Gasteiger charge is -2.09. The number of carbonyl (C=O) groups excluding carboxylic acids is 2. The van der Waals surface area contributed by atoms with Gasteiger partial charge in [-0.25, -0.2) is 4.98 Å². The summed E-state index contributed by atoms with van der Waals surface area (Å²) in [5, 5.41) is 0. The highest BCUT2D eigenvalue weighted by molar-refractivity contribution is 6.00. The molecule has 0 saturated heterocycles. The smallest absolute Gasteiger partial charge is 0.305 e. The summed E-state index contributed by atoms with van der Waals surface area (Å²) < 4.78 is 6.63. The van der Waals surface area contributed by atoms with E-state index in [0.717, 1.165) is 23.2 Å². The van der Waals surface area contributed by atoms with Gasteiger partial charge in [0.25, 0.3) is 0 Å². The molecule has 5 heteroatoms. The Bertz CT molecular complexity index is 852. The highest BCUT2D eigenvalue weighted by Gasteiger charge is 2.13. The number of imidazole rings is 1. The molecule has 0 aliphatic rings. The Morgan fingerprint density at radius 3 is 2.60 bits per heavy atom. The monoisotopic (exact) mass is 410 g/mol. The molecule has 0 N–H and O–H groups in total. The number of unbranched alkanes of at least 4 members (excludes halogenated alkanes) is 5. The fraction of sp³-hybridized carbons (Fsp3) is 0.480. The van der Waals surface area contributed by atoms with Gasteiger partial charge in [0.05, 0.1) is 25.3 Å². The molecule has 2 aromatic rings. The maximum absolute atomic E-state index is 12.8. The Morgan fingerprint density at radius 1 is 1.10 bits per heavy atom. The highest BCUT2D eigenvalue weighted by atomic mass is 16.5. The van der Waals surface area contributed by atoms with Crippen molar-refractivity contribution in [2.45, 2.75) is 64.7 Å². The van der Waals surface area contributed by atoms with Crippen LogP contribution in [0.1, 0.15) is 80.6 Å². The molecule has 1 heterocycles. The van der Waals surface area contributed by atoms with Crippen LogP contribution in [0.15, 0.2) is 36.8 Å². The first-order valence-electron chi connectivity index (χ1n) is 10.9. The van der Waals surface area contributed by atoms with E-state index in [2.05, 4.69) is 34.9 Å². The number of ketones is 1. The number of methoxy groups -OCH3 is 1. The van der Waals surface area contributed by atoms with E-state index in [-0.39, 0.29) is 18.2 Å². The van der Waals surface area contributed by atoms with Gasteiger partial charge in [-0.3, -0.25) is 9.59 Å². The van der Waals surface area contributed by atoms with Crippen molar-refractivity contribution in [3.63, 3.8) is 0 Å². The molecule has 2 rings (SSSR count). The second-order valence-electron chi connectivity index (χ2n) is 7.65. The second kappa shape index (κ2) is 12.8. The van der Waals surface area contributed by atoms with Gasteiger partial charge in [0.15, 0.2) is 5.78 Å². The molecule has 0 aliphatic carbocycles. The molecule has 0 amide bonds. The van der Waals surface area contributed by atoms with Gasteiger partial charge in [0.2, 0.25) is 0 Å². The molecule has 1 aromatic carbocycles. The van der Waals surface area contributed by atoms with Gasteiger partial charge in [-0.05, 0) is 30.9 Å². The van der Waals surface area contributed by atoms with Gasteiger partial charge in [-0.15, -0.1) is 0 Å². The van der Waals surface area contributed by atoms with Crippen LogP contribution in [0.4, 0.5) is 0 Å². The molecule has 30 heavy (non-hydrogen) atoms. The SMILES string of the molecule is CCCCCCC/C=C/c1cc(-c2cncn2C)ccc1C(=O)CCCC(=O)OC. The molecule has 162 valence electrons. The molecule has 1 aromatic heterocycles. The third kappa shape index (κ3) is 7.29. The number of hydrogen-bond acceptors (Lipinski definition) is 4. The maximum Gasteiger partial charge on any atom is 0.305 e. The number of rotatable bonds is 13. The summed E-state index contributed by atoms with van der Waals surface area (Å²) >= 11 is 0. The summed E-state index contributed by atoms with van der Waals surface area (Å²) in [4.78, 5) is 28.3. The number of hydrogen-bond donors (Lipinski definition) is 0. The first kappa shape index (κ1) is 23.6. The lowest BCUT2D eigenvalue weighted by atomic mass is 9.96. The van der Waals surface area contributed by atoms with E-state index in [1.165, 1.54) is 39.2 Å². The van der Waals surface area contributed by atoms with E-state index in [1.807, 2.05) is 29.9 Å². The molecule has 0 radical (unpaired) electrons. The van der Waals surface area contributed by atoms with Crippen LogP contribution in [0.3, 0.4) is 0 Å². The number of aromatic nitrogens is 2. The fourth-order valence-electron chi connectivity index (χ4n) is 3.46. The van der Waals surface area contributed by atoms with Gasteiger partial charge >= 0.3 is 5.97 Å². The molecular weight excluding hydrogens is 376 g/mol. The largest absolute Gasteiger partial charge is 0.469 e. The minimum Gasteiger partial charge on any atom is -0.469 e. The minimum atomic E-state index is -0.280. The van der Waals surface area contributed by atoms with Crippen molar-refractivity contribution >= 4 is 17.8 Å².